The van der Waals surface area contributed by atoms with E-state index in [4.69, 9.17) is 4.74 Å². The van der Waals surface area contributed by atoms with Gasteiger partial charge in [0.15, 0.2) is 0 Å². The van der Waals surface area contributed by atoms with E-state index in [9.17, 15) is 9.59 Å². The van der Waals surface area contributed by atoms with Crippen molar-refractivity contribution in [1.29, 1.82) is 0 Å². The van der Waals surface area contributed by atoms with Gasteiger partial charge in [-0.2, -0.15) is 0 Å². The molecule has 0 atom stereocenters. The topological polar surface area (TPSA) is 47.8 Å². The van der Waals surface area contributed by atoms with E-state index < -0.39 is 5.97 Å². The second-order valence-corrected chi connectivity index (χ2v) is 7.58. The average Bonchev–Trinajstić information content (AvgIpc) is 3.14. The Hall–Kier alpha value is -3.31. The van der Waals surface area contributed by atoms with E-state index >= 15 is 0 Å². The number of carbonyl (C=O) groups excluding carboxylic acids is 2. The predicted molar refractivity (Wildman–Crippen MR) is 120 cm³/mol. The van der Waals surface area contributed by atoms with Gasteiger partial charge in [0.2, 0.25) is 5.78 Å². The minimum atomic E-state index is -0.433. The van der Waals surface area contributed by atoms with Crippen LogP contribution in [0.25, 0.3) is 16.6 Å². The number of rotatable bonds is 6. The van der Waals surface area contributed by atoms with Gasteiger partial charge in [-0.1, -0.05) is 48.5 Å². The van der Waals surface area contributed by atoms with Gasteiger partial charge in [-0.05, 0) is 43.0 Å². The van der Waals surface area contributed by atoms with E-state index in [0.29, 0.717) is 27.9 Å². The van der Waals surface area contributed by atoms with Crippen LogP contribution in [0.15, 0.2) is 83.9 Å². The van der Waals surface area contributed by atoms with E-state index in [1.165, 1.54) is 0 Å². The van der Waals surface area contributed by atoms with Crippen molar-refractivity contribution in [3.63, 3.8) is 0 Å². The zero-order valence-electron chi connectivity index (χ0n) is 16.8. The number of benzene rings is 2. The maximum atomic E-state index is 13.6. The lowest BCUT2D eigenvalue weighted by atomic mass is 9.96. The lowest BCUT2D eigenvalue weighted by molar-refractivity contribution is 0.0529. The van der Waals surface area contributed by atoms with E-state index in [1.54, 1.807) is 35.2 Å². The zero-order chi connectivity index (χ0) is 21.1. The van der Waals surface area contributed by atoms with Gasteiger partial charge >= 0.3 is 5.97 Å². The Bertz CT molecular complexity index is 1210. The molecule has 0 N–H and O–H groups in total. The summed E-state index contributed by atoms with van der Waals surface area (Å²) in [6.07, 6.45) is 3.82. The highest BCUT2D eigenvalue weighted by atomic mass is 32.2. The number of hydrogen-bond donors (Lipinski definition) is 0. The lowest BCUT2D eigenvalue weighted by Gasteiger charge is -2.09. The summed E-state index contributed by atoms with van der Waals surface area (Å²) in [5, 5.41) is 0. The number of thioether (sulfide) groups is 1. The highest BCUT2D eigenvalue weighted by Gasteiger charge is 2.29. The second-order valence-electron chi connectivity index (χ2n) is 6.70. The maximum absolute atomic E-state index is 13.6. The Labute approximate surface area is 179 Å². The molecule has 0 aliphatic heterocycles. The van der Waals surface area contributed by atoms with E-state index in [1.807, 2.05) is 73.1 Å². The van der Waals surface area contributed by atoms with Crippen LogP contribution in [-0.2, 0) is 4.74 Å². The summed E-state index contributed by atoms with van der Waals surface area (Å²) in [5.41, 5.74) is 3.49. The fourth-order valence-corrected chi connectivity index (χ4v) is 4.01. The fraction of sp³-hybridized carbons (Fsp3) is 0.120. The van der Waals surface area contributed by atoms with Crippen LogP contribution in [0.1, 0.15) is 33.3 Å². The van der Waals surface area contributed by atoms with Crippen LogP contribution in [0.5, 0.6) is 0 Å². The summed E-state index contributed by atoms with van der Waals surface area (Å²) in [6, 6.07) is 22.6. The first-order chi connectivity index (χ1) is 14.7. The fourth-order valence-electron chi connectivity index (χ4n) is 3.61. The summed E-state index contributed by atoms with van der Waals surface area (Å²) in [4.78, 5) is 27.7. The van der Waals surface area contributed by atoms with Crippen LogP contribution in [0.4, 0.5) is 0 Å². The molecule has 0 spiro atoms. The number of carbonyl (C=O) groups is 2. The average molecular weight is 416 g/mol. The third-order valence-electron chi connectivity index (χ3n) is 4.95. The highest BCUT2D eigenvalue weighted by molar-refractivity contribution is 7.98. The molecule has 0 aliphatic rings. The van der Waals surface area contributed by atoms with Crippen molar-refractivity contribution >= 4 is 29.0 Å². The normalized spacial score (nSPS) is 10.9. The van der Waals surface area contributed by atoms with Crippen LogP contribution in [-0.4, -0.2) is 29.0 Å². The summed E-state index contributed by atoms with van der Waals surface area (Å²) in [6.45, 7) is 2.04. The summed E-state index contributed by atoms with van der Waals surface area (Å²) in [5.74, 6) is -0.575. The van der Waals surface area contributed by atoms with Gasteiger partial charge in [-0.25, -0.2) is 4.79 Å². The Morgan fingerprint density at radius 1 is 0.933 bits per heavy atom. The van der Waals surface area contributed by atoms with Crippen LogP contribution < -0.4 is 0 Å². The molecule has 0 saturated heterocycles. The van der Waals surface area contributed by atoms with Gasteiger partial charge in [0.25, 0.3) is 0 Å². The largest absolute Gasteiger partial charge is 0.462 e. The van der Waals surface area contributed by atoms with Crippen LogP contribution in [0.2, 0.25) is 0 Å². The summed E-state index contributed by atoms with van der Waals surface area (Å²) >= 11 is 1.64. The Balaban J connectivity index is 2.06. The predicted octanol–water partition coefficient (Wildman–Crippen LogP) is 5.74. The van der Waals surface area contributed by atoms with Crippen molar-refractivity contribution in [2.24, 2.45) is 0 Å². The molecular weight excluding hydrogens is 394 g/mol. The molecule has 0 radical (unpaired) electrons. The van der Waals surface area contributed by atoms with Crippen LogP contribution in [0, 0.1) is 0 Å². The van der Waals surface area contributed by atoms with Crippen molar-refractivity contribution in [3.05, 3.63) is 95.8 Å². The van der Waals surface area contributed by atoms with Crippen molar-refractivity contribution in [2.75, 3.05) is 12.9 Å². The second kappa shape index (κ2) is 8.59. The van der Waals surface area contributed by atoms with Crippen molar-refractivity contribution in [3.8, 4) is 11.1 Å². The number of pyridine rings is 1. The van der Waals surface area contributed by atoms with E-state index in [2.05, 4.69) is 0 Å². The van der Waals surface area contributed by atoms with Gasteiger partial charge in [0.05, 0.1) is 17.7 Å². The monoisotopic (exact) mass is 415 g/mol. The molecule has 2 aromatic carbocycles. The third-order valence-corrected chi connectivity index (χ3v) is 5.70. The van der Waals surface area contributed by atoms with Crippen LogP contribution in [0.3, 0.4) is 0 Å². The van der Waals surface area contributed by atoms with Gasteiger partial charge in [0, 0.05) is 22.2 Å². The van der Waals surface area contributed by atoms with Gasteiger partial charge in [-0.3, -0.25) is 4.79 Å². The number of hydrogen-bond acceptors (Lipinski definition) is 4. The number of nitrogens with zero attached hydrogens (tertiary/aromatic N) is 1. The standard InChI is InChI=1S/C25H21NO3S/c1-3-29-25(28)22-20-11-7-8-16-26(20)23(24(27)18-9-5-4-6-10-18)21(22)17-12-14-19(30-2)15-13-17/h4-16H,3H2,1-2H3. The number of ketones is 1. The zero-order valence-corrected chi connectivity index (χ0v) is 17.6. The van der Waals surface area contributed by atoms with Crippen LogP contribution >= 0.6 is 11.8 Å². The van der Waals surface area contributed by atoms with Gasteiger partial charge in [0.1, 0.15) is 5.69 Å². The number of esters is 1. The minimum absolute atomic E-state index is 0.142. The Morgan fingerprint density at radius 3 is 2.30 bits per heavy atom. The molecule has 0 unspecified atom stereocenters. The summed E-state index contributed by atoms with van der Waals surface area (Å²) in [7, 11) is 0. The quantitative estimate of drug-likeness (QED) is 0.229. The molecule has 0 amide bonds. The molecule has 150 valence electrons. The molecule has 5 heteroatoms. The molecule has 4 aromatic rings. The first-order valence-corrected chi connectivity index (χ1v) is 10.9. The molecule has 0 saturated carbocycles. The molecule has 0 aliphatic carbocycles. The van der Waals surface area contributed by atoms with E-state index in [-0.39, 0.29) is 12.4 Å². The molecule has 0 fully saturated rings. The van der Waals surface area contributed by atoms with Crippen molar-refractivity contribution in [2.45, 2.75) is 11.8 Å². The Kier molecular flexibility index (Phi) is 5.72. The number of fused-ring (bicyclic) bond motifs is 1. The molecule has 0 bridgehead atoms. The first kappa shape index (κ1) is 20.0. The SMILES string of the molecule is CCOC(=O)c1c(-c2ccc(SC)cc2)c(C(=O)c2ccccc2)n2ccccc12. The molecule has 4 rings (SSSR count). The van der Waals surface area contributed by atoms with Gasteiger partial charge in [-0.15, -0.1) is 11.8 Å². The first-order valence-electron chi connectivity index (χ1n) is 9.70. The van der Waals surface area contributed by atoms with Crippen molar-refractivity contribution < 1.29 is 14.3 Å². The molecule has 4 nitrogen and oxygen atoms in total. The smallest absolute Gasteiger partial charge is 0.340 e. The molecule has 2 heterocycles. The lowest BCUT2D eigenvalue weighted by Crippen LogP contribution is -2.08. The number of aromatic nitrogens is 1. The highest BCUT2D eigenvalue weighted by Crippen LogP contribution is 2.36. The molecule has 30 heavy (non-hydrogen) atoms. The van der Waals surface area contributed by atoms with Crippen molar-refractivity contribution in [1.82, 2.24) is 4.40 Å². The Morgan fingerprint density at radius 2 is 1.63 bits per heavy atom. The molecular formula is C25H21NO3S. The van der Waals surface area contributed by atoms with Gasteiger partial charge < -0.3 is 9.14 Å². The third kappa shape index (κ3) is 3.53. The maximum Gasteiger partial charge on any atom is 0.340 e. The minimum Gasteiger partial charge on any atom is -0.462 e. The van der Waals surface area contributed by atoms with E-state index in [0.717, 1.165) is 10.5 Å². The number of ether oxygens (including phenoxy) is 1. The molecule has 2 aromatic heterocycles. The summed E-state index contributed by atoms with van der Waals surface area (Å²) < 4.78 is 7.17.